The lowest BCUT2D eigenvalue weighted by molar-refractivity contribution is 0.0729. The first-order valence-corrected chi connectivity index (χ1v) is 7.05. The van der Waals surface area contributed by atoms with Gasteiger partial charge in [-0.2, -0.15) is 0 Å². The van der Waals surface area contributed by atoms with Crippen LogP contribution in [0.15, 0.2) is 12.3 Å². The summed E-state index contributed by atoms with van der Waals surface area (Å²) in [4.78, 5) is 14.2. The molecule has 1 aliphatic rings. The van der Waals surface area contributed by atoms with Crippen LogP contribution in [0.1, 0.15) is 43.2 Å². The number of halogens is 1. The van der Waals surface area contributed by atoms with E-state index < -0.39 is 0 Å². The third-order valence-electron chi connectivity index (χ3n) is 3.54. The predicted molar refractivity (Wildman–Crippen MR) is 77.5 cm³/mol. The van der Waals surface area contributed by atoms with E-state index in [0.717, 1.165) is 12.8 Å². The molecule has 1 saturated carbocycles. The molecular weight excluding hydrogens is 262 g/mol. The molecule has 0 atom stereocenters. The van der Waals surface area contributed by atoms with Gasteiger partial charge in [0, 0.05) is 25.8 Å². The molecule has 2 N–H and O–H groups in total. The minimum absolute atomic E-state index is 0.0142. The highest BCUT2D eigenvalue weighted by atomic mass is 35.5. The number of nitrogens with zero attached hydrogens (tertiary/aromatic N) is 2. The number of hydrogen-bond donors (Lipinski definition) is 1. The lowest BCUT2D eigenvalue weighted by atomic mass is 9.93. The lowest BCUT2D eigenvalue weighted by Gasteiger charge is -2.29. The average Bonchev–Trinajstić information content (AvgIpc) is 3.11. The summed E-state index contributed by atoms with van der Waals surface area (Å²) >= 11 is 6.03. The number of carbonyl (C=O) groups is 1. The molecule has 2 rings (SSSR count). The van der Waals surface area contributed by atoms with Crippen LogP contribution in [0.4, 0.5) is 0 Å². The van der Waals surface area contributed by atoms with Crippen molar-refractivity contribution in [2.24, 2.45) is 11.1 Å². The maximum atomic E-state index is 12.5. The quantitative estimate of drug-likeness (QED) is 0.903. The Balaban J connectivity index is 2.15. The number of aromatic nitrogens is 1. The standard InChI is InChI=1S/C14H22ClN3O/c1-14(2,8-16)9-17(3)13(19)12-6-10(15)7-18(12)11-4-5-11/h6-7,11H,4-5,8-9,16H2,1-3H3. The zero-order chi connectivity index (χ0) is 14.2. The normalized spacial score (nSPS) is 15.6. The first-order chi connectivity index (χ1) is 8.84. The molecule has 1 aromatic rings. The molecule has 5 heteroatoms. The van der Waals surface area contributed by atoms with Crippen molar-refractivity contribution in [2.45, 2.75) is 32.7 Å². The molecule has 0 bridgehead atoms. The van der Waals surface area contributed by atoms with E-state index >= 15 is 0 Å². The van der Waals surface area contributed by atoms with E-state index in [-0.39, 0.29) is 11.3 Å². The number of hydrogen-bond acceptors (Lipinski definition) is 2. The van der Waals surface area contributed by atoms with Crippen LogP contribution in [0, 0.1) is 5.41 Å². The monoisotopic (exact) mass is 283 g/mol. The molecule has 0 unspecified atom stereocenters. The maximum Gasteiger partial charge on any atom is 0.270 e. The molecule has 0 aromatic carbocycles. The summed E-state index contributed by atoms with van der Waals surface area (Å²) in [6.07, 6.45) is 4.11. The zero-order valence-electron chi connectivity index (χ0n) is 11.8. The molecule has 1 heterocycles. The van der Waals surface area contributed by atoms with Gasteiger partial charge >= 0.3 is 0 Å². The van der Waals surface area contributed by atoms with E-state index in [0.29, 0.717) is 29.8 Å². The van der Waals surface area contributed by atoms with Crippen molar-refractivity contribution in [1.29, 1.82) is 0 Å². The molecule has 0 radical (unpaired) electrons. The number of rotatable bonds is 5. The van der Waals surface area contributed by atoms with Gasteiger partial charge in [-0.3, -0.25) is 4.79 Å². The number of amides is 1. The van der Waals surface area contributed by atoms with Crippen molar-refractivity contribution < 1.29 is 4.79 Å². The van der Waals surface area contributed by atoms with E-state index in [4.69, 9.17) is 17.3 Å². The Morgan fingerprint density at radius 1 is 1.58 bits per heavy atom. The Labute approximate surface area is 119 Å². The van der Waals surface area contributed by atoms with Crippen molar-refractivity contribution in [1.82, 2.24) is 9.47 Å². The van der Waals surface area contributed by atoms with Gasteiger partial charge in [0.1, 0.15) is 5.69 Å². The highest BCUT2D eigenvalue weighted by Gasteiger charge is 2.30. The van der Waals surface area contributed by atoms with Crippen LogP contribution < -0.4 is 5.73 Å². The van der Waals surface area contributed by atoms with Crippen LogP contribution in [0.5, 0.6) is 0 Å². The highest BCUT2D eigenvalue weighted by Crippen LogP contribution is 2.37. The molecule has 0 aliphatic heterocycles. The summed E-state index contributed by atoms with van der Waals surface area (Å²) in [6, 6.07) is 2.20. The van der Waals surface area contributed by atoms with E-state index in [9.17, 15) is 4.79 Å². The molecule has 0 spiro atoms. The van der Waals surface area contributed by atoms with Crippen molar-refractivity contribution in [3.63, 3.8) is 0 Å². The van der Waals surface area contributed by atoms with Gasteiger partial charge < -0.3 is 15.2 Å². The molecule has 4 nitrogen and oxygen atoms in total. The van der Waals surface area contributed by atoms with Crippen molar-refractivity contribution in [2.75, 3.05) is 20.1 Å². The summed E-state index contributed by atoms with van der Waals surface area (Å²) < 4.78 is 2.01. The molecule has 106 valence electrons. The Kier molecular flexibility index (Phi) is 3.92. The van der Waals surface area contributed by atoms with Gasteiger partial charge in [0.25, 0.3) is 5.91 Å². The average molecular weight is 284 g/mol. The topological polar surface area (TPSA) is 51.3 Å². The Morgan fingerprint density at radius 3 is 2.74 bits per heavy atom. The van der Waals surface area contributed by atoms with Crippen LogP contribution >= 0.6 is 11.6 Å². The van der Waals surface area contributed by atoms with Crippen molar-refractivity contribution >= 4 is 17.5 Å². The van der Waals surface area contributed by atoms with Gasteiger partial charge in [-0.1, -0.05) is 25.4 Å². The second-order valence-electron chi connectivity index (χ2n) is 6.21. The van der Waals surface area contributed by atoms with Gasteiger partial charge in [0.2, 0.25) is 0 Å². The number of carbonyl (C=O) groups excluding carboxylic acids is 1. The zero-order valence-corrected chi connectivity index (χ0v) is 12.6. The van der Waals surface area contributed by atoms with E-state index in [2.05, 4.69) is 13.8 Å². The summed E-state index contributed by atoms with van der Waals surface area (Å²) in [5, 5.41) is 0.627. The third-order valence-corrected chi connectivity index (χ3v) is 3.75. The number of nitrogens with two attached hydrogens (primary N) is 1. The SMILES string of the molecule is CN(CC(C)(C)CN)C(=O)c1cc(Cl)cn1C1CC1. The molecule has 1 aliphatic carbocycles. The summed E-state index contributed by atoms with van der Waals surface area (Å²) in [6.45, 7) is 5.30. The molecule has 1 fully saturated rings. The van der Waals surface area contributed by atoms with Gasteiger partial charge in [-0.25, -0.2) is 0 Å². The summed E-state index contributed by atoms with van der Waals surface area (Å²) in [5.74, 6) is 0.0142. The lowest BCUT2D eigenvalue weighted by Crippen LogP contribution is -2.40. The molecule has 1 aromatic heterocycles. The summed E-state index contributed by atoms with van der Waals surface area (Å²) in [5.41, 5.74) is 6.33. The van der Waals surface area contributed by atoms with E-state index in [1.807, 2.05) is 17.8 Å². The Hall–Kier alpha value is -1.00. The van der Waals surface area contributed by atoms with Gasteiger partial charge in [-0.15, -0.1) is 0 Å². The first-order valence-electron chi connectivity index (χ1n) is 6.67. The smallest absolute Gasteiger partial charge is 0.270 e. The van der Waals surface area contributed by atoms with Gasteiger partial charge in [0.05, 0.1) is 5.02 Å². The van der Waals surface area contributed by atoms with Crippen molar-refractivity contribution in [3.05, 3.63) is 23.0 Å². The maximum absolute atomic E-state index is 12.5. The fraction of sp³-hybridized carbons (Fsp3) is 0.643. The third kappa shape index (κ3) is 3.31. The highest BCUT2D eigenvalue weighted by molar-refractivity contribution is 6.31. The van der Waals surface area contributed by atoms with Gasteiger partial charge in [-0.05, 0) is 30.9 Å². The second-order valence-corrected chi connectivity index (χ2v) is 6.65. The minimum atomic E-state index is -0.0782. The summed E-state index contributed by atoms with van der Waals surface area (Å²) in [7, 11) is 1.82. The molecule has 19 heavy (non-hydrogen) atoms. The molecular formula is C14H22ClN3O. The van der Waals surface area contributed by atoms with E-state index in [1.54, 1.807) is 11.0 Å². The van der Waals surface area contributed by atoms with Crippen LogP contribution in [0.2, 0.25) is 5.02 Å². The fourth-order valence-corrected chi connectivity index (χ4v) is 2.45. The van der Waals surface area contributed by atoms with Crippen molar-refractivity contribution in [3.8, 4) is 0 Å². The van der Waals surface area contributed by atoms with Crippen LogP contribution in [0.3, 0.4) is 0 Å². The minimum Gasteiger partial charge on any atom is -0.340 e. The van der Waals surface area contributed by atoms with Crippen LogP contribution in [-0.2, 0) is 0 Å². The Morgan fingerprint density at radius 2 is 2.21 bits per heavy atom. The first kappa shape index (κ1) is 14.4. The molecule has 1 amide bonds. The predicted octanol–water partition coefficient (Wildman–Crippen LogP) is 2.53. The fourth-order valence-electron chi connectivity index (χ4n) is 2.25. The Bertz CT molecular complexity index is 477. The van der Waals surface area contributed by atoms with Gasteiger partial charge in [0.15, 0.2) is 0 Å². The van der Waals surface area contributed by atoms with Crippen LogP contribution in [-0.4, -0.2) is 35.5 Å². The largest absolute Gasteiger partial charge is 0.340 e. The second kappa shape index (κ2) is 5.17. The molecule has 0 saturated heterocycles. The van der Waals surface area contributed by atoms with E-state index in [1.165, 1.54) is 0 Å². The van der Waals surface area contributed by atoms with Crippen LogP contribution in [0.25, 0.3) is 0 Å².